The van der Waals surface area contributed by atoms with E-state index in [1.807, 2.05) is 0 Å². The predicted octanol–water partition coefficient (Wildman–Crippen LogP) is 5.65. The molecule has 0 spiro atoms. The molecule has 5 unspecified atom stereocenters. The Morgan fingerprint density at radius 3 is 1.76 bits per heavy atom. The fraction of sp³-hybridized carbons (Fsp3) is 1.00. The van der Waals surface area contributed by atoms with Crippen molar-refractivity contribution in [1.82, 2.24) is 5.32 Å². The molecule has 3 fully saturated rings. The number of ether oxygens (including phenoxy) is 3. The van der Waals surface area contributed by atoms with Crippen molar-refractivity contribution in [2.45, 2.75) is 222 Å². The Kier molecular flexibility index (Phi) is 22.5. The molecule has 10 nitrogen and oxygen atoms in total. The first-order valence-corrected chi connectivity index (χ1v) is 20.9. The summed E-state index contributed by atoms with van der Waals surface area (Å²) in [7, 11) is 0. The van der Waals surface area contributed by atoms with Gasteiger partial charge in [-0.15, -0.1) is 0 Å². The van der Waals surface area contributed by atoms with Crippen molar-refractivity contribution >= 4 is 0 Å². The van der Waals surface area contributed by atoms with Crippen molar-refractivity contribution < 1.29 is 44.8 Å². The molecule has 0 bridgehead atoms. The van der Waals surface area contributed by atoms with E-state index in [4.69, 9.17) is 14.2 Å². The van der Waals surface area contributed by atoms with E-state index in [0.717, 1.165) is 44.4 Å². The lowest BCUT2D eigenvalue weighted by atomic mass is 9.87. The summed E-state index contributed by atoms with van der Waals surface area (Å²) >= 11 is 0. The highest BCUT2D eigenvalue weighted by Gasteiger charge is 2.46. The second kappa shape index (κ2) is 25.6. The van der Waals surface area contributed by atoms with Crippen LogP contribution in [0.15, 0.2) is 0 Å². The first-order chi connectivity index (χ1) is 24.3. The van der Waals surface area contributed by atoms with Gasteiger partial charge in [0.05, 0.1) is 50.2 Å². The molecular formula is C40H77NO9. The lowest BCUT2D eigenvalue weighted by Crippen LogP contribution is -2.67. The minimum absolute atomic E-state index is 0.109. The first-order valence-electron chi connectivity index (χ1n) is 20.9. The summed E-state index contributed by atoms with van der Waals surface area (Å²) < 4.78 is 17.1. The van der Waals surface area contributed by atoms with Crippen LogP contribution < -0.4 is 5.32 Å². The van der Waals surface area contributed by atoms with Gasteiger partial charge in [-0.05, 0) is 18.8 Å². The second-order valence-corrected chi connectivity index (χ2v) is 16.1. The number of rotatable bonds is 32. The van der Waals surface area contributed by atoms with Crippen molar-refractivity contribution in [2.75, 3.05) is 26.4 Å². The van der Waals surface area contributed by atoms with E-state index in [0.29, 0.717) is 19.6 Å². The normalized spacial score (nSPS) is 26.8. The van der Waals surface area contributed by atoms with Crippen LogP contribution in [-0.2, 0) is 14.2 Å². The topological polar surface area (TPSA) is 161 Å². The summed E-state index contributed by atoms with van der Waals surface area (Å²) in [6.07, 6.45) is 21.4. The van der Waals surface area contributed by atoms with Crippen LogP contribution in [-0.4, -0.2) is 112 Å². The third kappa shape index (κ3) is 16.7. The van der Waals surface area contributed by atoms with E-state index in [1.165, 1.54) is 116 Å². The highest BCUT2D eigenvalue weighted by Crippen LogP contribution is 2.34. The van der Waals surface area contributed by atoms with Crippen LogP contribution in [0.3, 0.4) is 0 Å². The molecule has 296 valence electrons. The SMILES string of the molecule is CCCCCCCCCCCCCC[C@@H](O)[C@@H](O)[C@H](COC1OC(CO)C(O)C(O)C1O)NC1(CCCCCCCCCCC2CC2)COC1. The molecule has 2 heterocycles. The minimum Gasteiger partial charge on any atom is -0.394 e. The Labute approximate surface area is 304 Å². The van der Waals surface area contributed by atoms with Crippen LogP contribution >= 0.6 is 0 Å². The smallest absolute Gasteiger partial charge is 0.186 e. The number of hydrogen-bond donors (Lipinski definition) is 7. The quantitative estimate of drug-likeness (QED) is 0.0434. The van der Waals surface area contributed by atoms with Crippen molar-refractivity contribution in [2.24, 2.45) is 5.92 Å². The van der Waals surface area contributed by atoms with Gasteiger partial charge in [0.25, 0.3) is 0 Å². The largest absolute Gasteiger partial charge is 0.394 e. The number of nitrogens with one attached hydrogen (secondary N) is 1. The molecule has 50 heavy (non-hydrogen) atoms. The molecule has 0 amide bonds. The molecule has 0 aromatic rings. The Balaban J connectivity index is 1.42. The summed E-state index contributed by atoms with van der Waals surface area (Å²) in [5.74, 6) is 1.04. The van der Waals surface area contributed by atoms with Gasteiger partial charge < -0.3 is 44.8 Å². The molecule has 8 atom stereocenters. The maximum atomic E-state index is 11.4. The monoisotopic (exact) mass is 716 g/mol. The van der Waals surface area contributed by atoms with Gasteiger partial charge in [-0.1, -0.05) is 155 Å². The molecule has 3 aliphatic rings. The maximum Gasteiger partial charge on any atom is 0.186 e. The van der Waals surface area contributed by atoms with Gasteiger partial charge in [0.2, 0.25) is 0 Å². The number of unbranched alkanes of at least 4 members (excludes halogenated alkanes) is 18. The zero-order chi connectivity index (χ0) is 36.0. The van der Waals surface area contributed by atoms with E-state index >= 15 is 0 Å². The Morgan fingerprint density at radius 2 is 1.24 bits per heavy atom. The molecule has 0 aromatic carbocycles. The number of aliphatic hydroxyl groups is 6. The summed E-state index contributed by atoms with van der Waals surface area (Å²) in [6, 6.07) is -0.686. The molecule has 3 rings (SSSR count). The summed E-state index contributed by atoms with van der Waals surface area (Å²) in [5, 5.41) is 66.6. The van der Waals surface area contributed by atoms with Crippen molar-refractivity contribution in [1.29, 1.82) is 0 Å². The third-order valence-electron chi connectivity index (χ3n) is 11.4. The number of hydrogen-bond acceptors (Lipinski definition) is 10. The van der Waals surface area contributed by atoms with Crippen molar-refractivity contribution in [3.8, 4) is 0 Å². The first kappa shape index (κ1) is 44.0. The zero-order valence-corrected chi connectivity index (χ0v) is 31.6. The molecule has 7 N–H and O–H groups in total. The second-order valence-electron chi connectivity index (χ2n) is 16.1. The lowest BCUT2D eigenvalue weighted by Gasteiger charge is -2.46. The van der Waals surface area contributed by atoms with Gasteiger partial charge in [0, 0.05) is 0 Å². The average Bonchev–Trinajstić information content (AvgIpc) is 3.93. The molecule has 2 saturated heterocycles. The molecule has 0 aromatic heterocycles. The van der Waals surface area contributed by atoms with Crippen LogP contribution in [0.25, 0.3) is 0 Å². The van der Waals surface area contributed by atoms with Crippen LogP contribution in [0, 0.1) is 5.92 Å². The minimum atomic E-state index is -1.55. The van der Waals surface area contributed by atoms with E-state index in [2.05, 4.69) is 12.2 Å². The van der Waals surface area contributed by atoms with Gasteiger partial charge in [-0.3, -0.25) is 5.32 Å². The van der Waals surface area contributed by atoms with Crippen LogP contribution in [0.1, 0.15) is 167 Å². The van der Waals surface area contributed by atoms with E-state index in [9.17, 15) is 30.6 Å². The van der Waals surface area contributed by atoms with Crippen LogP contribution in [0.4, 0.5) is 0 Å². The average molecular weight is 716 g/mol. The fourth-order valence-corrected chi connectivity index (χ4v) is 7.67. The highest BCUT2D eigenvalue weighted by atomic mass is 16.7. The molecule has 10 heteroatoms. The van der Waals surface area contributed by atoms with E-state index < -0.39 is 55.6 Å². The molecule has 1 aliphatic carbocycles. The van der Waals surface area contributed by atoms with Gasteiger partial charge in [0.1, 0.15) is 24.4 Å². The fourth-order valence-electron chi connectivity index (χ4n) is 7.67. The van der Waals surface area contributed by atoms with Crippen molar-refractivity contribution in [3.63, 3.8) is 0 Å². The number of aliphatic hydroxyl groups excluding tert-OH is 6. The Morgan fingerprint density at radius 1 is 0.700 bits per heavy atom. The summed E-state index contributed by atoms with van der Waals surface area (Å²) in [4.78, 5) is 0. The maximum absolute atomic E-state index is 11.4. The van der Waals surface area contributed by atoms with Crippen LogP contribution in [0.5, 0.6) is 0 Å². The summed E-state index contributed by atoms with van der Waals surface area (Å²) in [6.45, 7) is 2.60. The van der Waals surface area contributed by atoms with E-state index in [-0.39, 0.29) is 12.1 Å². The predicted molar refractivity (Wildman–Crippen MR) is 197 cm³/mol. The van der Waals surface area contributed by atoms with Gasteiger partial charge in [-0.2, -0.15) is 0 Å². The van der Waals surface area contributed by atoms with Gasteiger partial charge >= 0.3 is 0 Å². The molecular weight excluding hydrogens is 638 g/mol. The lowest BCUT2D eigenvalue weighted by molar-refractivity contribution is -0.303. The Bertz CT molecular complexity index is 827. The van der Waals surface area contributed by atoms with E-state index in [1.54, 1.807) is 0 Å². The van der Waals surface area contributed by atoms with Crippen molar-refractivity contribution in [3.05, 3.63) is 0 Å². The molecule has 2 aliphatic heterocycles. The molecule has 1 saturated carbocycles. The summed E-state index contributed by atoms with van der Waals surface area (Å²) in [5.41, 5.74) is -0.344. The van der Waals surface area contributed by atoms with Crippen LogP contribution in [0.2, 0.25) is 0 Å². The highest BCUT2D eigenvalue weighted by molar-refractivity contribution is 4.99. The standard InChI is InChI=1S/C40H77NO9/c1-2-3-4-5-6-7-8-9-10-14-17-20-23-33(43)35(44)32(28-49-39-38(47)37(46)36(45)34(27-42)50-39)41-40(29-48-30-40)26-21-18-15-12-11-13-16-19-22-31-24-25-31/h31-39,41-47H,2-30H2,1H3/t32-,33+,34?,35-,36?,37?,38?,39?/m0/s1. The zero-order valence-electron chi connectivity index (χ0n) is 31.6. The Hall–Kier alpha value is -0.400. The van der Waals surface area contributed by atoms with Gasteiger partial charge in [0.15, 0.2) is 6.29 Å². The molecule has 0 radical (unpaired) electrons. The van der Waals surface area contributed by atoms with Gasteiger partial charge in [-0.25, -0.2) is 0 Å². The third-order valence-corrected chi connectivity index (χ3v) is 11.4.